The second-order valence-corrected chi connectivity index (χ2v) is 8.26. The van der Waals surface area contributed by atoms with Crippen LogP contribution < -0.4 is 4.90 Å². The molecule has 3 heterocycles. The number of imidazole rings is 1. The fraction of sp³-hybridized carbons (Fsp3) is 0.280. The van der Waals surface area contributed by atoms with Crippen molar-refractivity contribution in [2.45, 2.75) is 39.7 Å². The van der Waals surface area contributed by atoms with Gasteiger partial charge in [0.1, 0.15) is 5.82 Å². The van der Waals surface area contributed by atoms with Crippen molar-refractivity contribution in [3.05, 3.63) is 83.2 Å². The maximum Gasteiger partial charge on any atom is 0.176 e. The SMILES string of the molecule is Cc1cn(-c2ccc(-c3onc4c3CCCN4[C@@H](C)c3ccc(F)cc3)cc2C)cn1. The minimum atomic E-state index is -0.219. The topological polar surface area (TPSA) is 47.1 Å². The molecule has 2 aromatic heterocycles. The van der Waals surface area contributed by atoms with E-state index in [0.29, 0.717) is 0 Å². The lowest BCUT2D eigenvalue weighted by atomic mass is 9.97. The molecule has 0 aliphatic carbocycles. The Morgan fingerprint density at radius 2 is 1.90 bits per heavy atom. The number of anilines is 1. The summed E-state index contributed by atoms with van der Waals surface area (Å²) in [4.78, 5) is 6.59. The lowest BCUT2D eigenvalue weighted by molar-refractivity contribution is 0.429. The van der Waals surface area contributed by atoms with E-state index >= 15 is 0 Å². The number of aromatic nitrogens is 3. The Bertz CT molecular complexity index is 1220. The third-order valence-corrected chi connectivity index (χ3v) is 6.13. The summed E-state index contributed by atoms with van der Waals surface area (Å²) in [5.41, 5.74) is 6.48. The molecule has 0 saturated carbocycles. The molecule has 0 N–H and O–H groups in total. The summed E-state index contributed by atoms with van der Waals surface area (Å²) in [5, 5.41) is 4.45. The van der Waals surface area contributed by atoms with Crippen LogP contribution in [0.1, 0.15) is 41.8 Å². The predicted octanol–water partition coefficient (Wildman–Crippen LogP) is 5.80. The number of fused-ring (bicyclic) bond motifs is 1. The first-order valence-electron chi connectivity index (χ1n) is 10.6. The Labute approximate surface area is 181 Å². The summed E-state index contributed by atoms with van der Waals surface area (Å²) < 4.78 is 21.3. The van der Waals surface area contributed by atoms with Gasteiger partial charge in [-0.3, -0.25) is 0 Å². The van der Waals surface area contributed by atoms with Gasteiger partial charge < -0.3 is 14.0 Å². The van der Waals surface area contributed by atoms with E-state index in [9.17, 15) is 4.39 Å². The molecule has 0 bridgehead atoms. The fourth-order valence-electron chi connectivity index (χ4n) is 4.45. The normalized spacial score (nSPS) is 14.5. The van der Waals surface area contributed by atoms with E-state index in [4.69, 9.17) is 4.52 Å². The second-order valence-electron chi connectivity index (χ2n) is 8.26. The molecule has 158 valence electrons. The van der Waals surface area contributed by atoms with Crippen molar-refractivity contribution in [2.24, 2.45) is 0 Å². The number of benzene rings is 2. The van der Waals surface area contributed by atoms with Crippen molar-refractivity contribution in [3.63, 3.8) is 0 Å². The van der Waals surface area contributed by atoms with Gasteiger partial charge in [0.25, 0.3) is 0 Å². The van der Waals surface area contributed by atoms with Crippen molar-refractivity contribution >= 4 is 5.82 Å². The van der Waals surface area contributed by atoms with Crippen LogP contribution in [0, 0.1) is 19.7 Å². The predicted molar refractivity (Wildman–Crippen MR) is 119 cm³/mol. The Morgan fingerprint density at radius 1 is 1.10 bits per heavy atom. The van der Waals surface area contributed by atoms with Crippen molar-refractivity contribution in [2.75, 3.05) is 11.4 Å². The summed E-state index contributed by atoms with van der Waals surface area (Å²) in [7, 11) is 0. The van der Waals surface area contributed by atoms with Gasteiger partial charge in [-0.05, 0) is 75.1 Å². The van der Waals surface area contributed by atoms with Crippen LogP contribution in [0.5, 0.6) is 0 Å². The van der Waals surface area contributed by atoms with Gasteiger partial charge in [0.05, 0.1) is 18.1 Å². The Kier molecular flexibility index (Phi) is 4.85. The van der Waals surface area contributed by atoms with E-state index < -0.39 is 0 Å². The first-order valence-corrected chi connectivity index (χ1v) is 10.6. The summed E-state index contributed by atoms with van der Waals surface area (Å²) >= 11 is 0. The largest absolute Gasteiger partial charge is 0.354 e. The minimum absolute atomic E-state index is 0.0891. The third kappa shape index (κ3) is 3.52. The molecule has 1 aliphatic rings. The number of aryl methyl sites for hydroxylation is 2. The average molecular weight is 417 g/mol. The fourth-order valence-corrected chi connectivity index (χ4v) is 4.45. The van der Waals surface area contributed by atoms with Crippen molar-refractivity contribution in [3.8, 4) is 17.0 Å². The molecule has 0 radical (unpaired) electrons. The molecule has 5 rings (SSSR count). The Morgan fingerprint density at radius 3 is 2.61 bits per heavy atom. The molecule has 31 heavy (non-hydrogen) atoms. The van der Waals surface area contributed by atoms with E-state index in [1.807, 2.05) is 36.1 Å². The number of nitrogens with zero attached hydrogens (tertiary/aromatic N) is 4. The quantitative estimate of drug-likeness (QED) is 0.422. The van der Waals surface area contributed by atoms with Crippen LogP contribution in [-0.4, -0.2) is 21.3 Å². The molecule has 2 aromatic carbocycles. The van der Waals surface area contributed by atoms with Crippen LogP contribution in [0.2, 0.25) is 0 Å². The molecule has 0 amide bonds. The lowest BCUT2D eigenvalue weighted by Gasteiger charge is -2.33. The lowest BCUT2D eigenvalue weighted by Crippen LogP contribution is -2.32. The summed E-state index contributed by atoms with van der Waals surface area (Å²) in [6.45, 7) is 7.11. The van der Waals surface area contributed by atoms with E-state index in [2.05, 4.69) is 47.1 Å². The summed E-state index contributed by atoms with van der Waals surface area (Å²) in [6, 6.07) is 13.1. The molecular weight excluding hydrogens is 391 g/mol. The van der Waals surface area contributed by atoms with Crippen molar-refractivity contribution in [1.82, 2.24) is 14.7 Å². The first-order chi connectivity index (χ1) is 15.0. The molecule has 0 fully saturated rings. The van der Waals surface area contributed by atoms with E-state index in [1.54, 1.807) is 0 Å². The molecule has 5 nitrogen and oxygen atoms in total. The second kappa shape index (κ2) is 7.69. The maximum atomic E-state index is 13.3. The van der Waals surface area contributed by atoms with Gasteiger partial charge in [-0.15, -0.1) is 0 Å². The van der Waals surface area contributed by atoms with Gasteiger partial charge in [-0.2, -0.15) is 0 Å². The van der Waals surface area contributed by atoms with Gasteiger partial charge in [0.15, 0.2) is 11.6 Å². The summed E-state index contributed by atoms with van der Waals surface area (Å²) in [5.74, 6) is 1.51. The number of hydrogen-bond donors (Lipinski definition) is 0. The Balaban J connectivity index is 1.48. The smallest absolute Gasteiger partial charge is 0.176 e. The van der Waals surface area contributed by atoms with E-state index in [0.717, 1.165) is 64.6 Å². The van der Waals surface area contributed by atoms with E-state index in [-0.39, 0.29) is 11.9 Å². The molecule has 4 aromatic rings. The molecule has 1 atom stereocenters. The van der Waals surface area contributed by atoms with Crippen molar-refractivity contribution < 1.29 is 8.91 Å². The standard InChI is InChI=1S/C25H25FN4O/c1-16-13-20(8-11-23(16)29-14-17(2)27-15-29)24-22-5-4-12-30(25(22)28-31-24)18(3)19-6-9-21(26)10-7-19/h6-11,13-15,18H,4-5,12H2,1-3H3/t18-/m0/s1. The molecule has 6 heteroatoms. The van der Waals surface area contributed by atoms with Gasteiger partial charge >= 0.3 is 0 Å². The van der Waals surface area contributed by atoms with Crippen LogP contribution in [-0.2, 0) is 6.42 Å². The number of hydrogen-bond acceptors (Lipinski definition) is 4. The Hall–Kier alpha value is -3.41. The first kappa shape index (κ1) is 19.5. The van der Waals surface area contributed by atoms with Crippen molar-refractivity contribution in [1.29, 1.82) is 0 Å². The van der Waals surface area contributed by atoms with Crippen LogP contribution in [0.25, 0.3) is 17.0 Å². The van der Waals surface area contributed by atoms with Gasteiger partial charge in [-0.1, -0.05) is 17.3 Å². The highest BCUT2D eigenvalue weighted by molar-refractivity contribution is 5.70. The highest BCUT2D eigenvalue weighted by Crippen LogP contribution is 2.39. The van der Waals surface area contributed by atoms with Crippen LogP contribution in [0.3, 0.4) is 0 Å². The third-order valence-electron chi connectivity index (χ3n) is 6.13. The van der Waals surface area contributed by atoms with Gasteiger partial charge in [0.2, 0.25) is 0 Å². The van der Waals surface area contributed by atoms with Gasteiger partial charge in [0, 0.05) is 29.6 Å². The summed E-state index contributed by atoms with van der Waals surface area (Å²) in [6.07, 6.45) is 5.82. The zero-order chi connectivity index (χ0) is 21.5. The molecular formula is C25H25FN4O. The number of halogens is 1. The minimum Gasteiger partial charge on any atom is -0.354 e. The average Bonchev–Trinajstić information content (AvgIpc) is 3.40. The zero-order valence-electron chi connectivity index (χ0n) is 18.0. The zero-order valence-corrected chi connectivity index (χ0v) is 18.0. The monoisotopic (exact) mass is 416 g/mol. The molecule has 0 saturated heterocycles. The molecule has 0 unspecified atom stereocenters. The highest BCUT2D eigenvalue weighted by Gasteiger charge is 2.29. The van der Waals surface area contributed by atoms with Crippen LogP contribution in [0.4, 0.5) is 10.2 Å². The van der Waals surface area contributed by atoms with Crippen LogP contribution in [0.15, 0.2) is 59.5 Å². The van der Waals surface area contributed by atoms with Gasteiger partial charge in [-0.25, -0.2) is 9.37 Å². The number of rotatable bonds is 4. The molecule has 0 spiro atoms. The highest BCUT2D eigenvalue weighted by atomic mass is 19.1. The molecule has 1 aliphatic heterocycles. The maximum absolute atomic E-state index is 13.3. The van der Waals surface area contributed by atoms with Crippen LogP contribution >= 0.6 is 0 Å². The van der Waals surface area contributed by atoms with E-state index in [1.165, 1.54) is 12.1 Å².